The molecule has 2 N–H and O–H groups in total. The van der Waals surface area contributed by atoms with Crippen LogP contribution in [-0.4, -0.2) is 42.5 Å². The topological polar surface area (TPSA) is 84.6 Å². The maximum atomic E-state index is 11.9. The molecule has 0 aliphatic carbocycles. The number of carbonyl (C=O) groups excluding carboxylic acids is 1. The zero-order valence-electron chi connectivity index (χ0n) is 13.1. The van der Waals surface area contributed by atoms with Gasteiger partial charge in [0.1, 0.15) is 5.76 Å². The van der Waals surface area contributed by atoms with Crippen molar-refractivity contribution in [2.75, 3.05) is 26.4 Å². The molecule has 1 amide bonds. The number of rotatable bonds is 10. The van der Waals surface area contributed by atoms with E-state index in [1.54, 1.807) is 0 Å². The van der Waals surface area contributed by atoms with Gasteiger partial charge in [0.25, 0.3) is 0 Å². The second kappa shape index (κ2) is 9.58. The standard InChI is InChI=1S/C16H26N2O4/c19-7-4-2-1-3-5-15-9-14(18-22-15)10-16(20)17-11-13-6-8-21-12-13/h9,13,19H,1-8,10-12H2,(H,17,20). The maximum absolute atomic E-state index is 11.9. The summed E-state index contributed by atoms with van der Waals surface area (Å²) in [6.07, 6.45) is 6.09. The summed E-state index contributed by atoms with van der Waals surface area (Å²) in [5.74, 6) is 1.25. The number of aryl methyl sites for hydroxylation is 1. The Bertz CT molecular complexity index is 441. The molecule has 22 heavy (non-hydrogen) atoms. The highest BCUT2D eigenvalue weighted by Gasteiger charge is 2.17. The first kappa shape index (κ1) is 17.0. The monoisotopic (exact) mass is 310 g/mol. The summed E-state index contributed by atoms with van der Waals surface area (Å²) in [6, 6.07) is 1.87. The van der Waals surface area contributed by atoms with E-state index in [9.17, 15) is 4.79 Å². The fourth-order valence-corrected chi connectivity index (χ4v) is 2.55. The van der Waals surface area contributed by atoms with Crippen LogP contribution in [0.5, 0.6) is 0 Å². The first-order valence-corrected chi connectivity index (χ1v) is 8.17. The molecule has 0 aromatic carbocycles. The summed E-state index contributed by atoms with van der Waals surface area (Å²) in [4.78, 5) is 11.9. The third-order valence-electron chi connectivity index (χ3n) is 3.89. The molecule has 0 radical (unpaired) electrons. The second-order valence-electron chi connectivity index (χ2n) is 5.88. The molecule has 2 rings (SSSR count). The van der Waals surface area contributed by atoms with Crippen LogP contribution in [0.15, 0.2) is 10.6 Å². The highest BCUT2D eigenvalue weighted by Crippen LogP contribution is 2.12. The Hall–Kier alpha value is -1.40. The fourth-order valence-electron chi connectivity index (χ4n) is 2.55. The molecule has 0 spiro atoms. The van der Waals surface area contributed by atoms with E-state index in [2.05, 4.69) is 10.5 Å². The van der Waals surface area contributed by atoms with E-state index in [-0.39, 0.29) is 18.9 Å². The van der Waals surface area contributed by atoms with Crippen molar-refractivity contribution < 1.29 is 19.2 Å². The van der Waals surface area contributed by atoms with Gasteiger partial charge < -0.3 is 19.7 Å². The molecule has 6 nitrogen and oxygen atoms in total. The number of hydrogen-bond acceptors (Lipinski definition) is 5. The number of ether oxygens (including phenoxy) is 1. The van der Waals surface area contributed by atoms with Gasteiger partial charge in [-0.15, -0.1) is 0 Å². The molecule has 2 heterocycles. The van der Waals surface area contributed by atoms with Crippen LogP contribution < -0.4 is 5.32 Å². The average Bonchev–Trinajstić information content (AvgIpc) is 3.17. The molecule has 1 saturated heterocycles. The van der Waals surface area contributed by atoms with Gasteiger partial charge in [-0.1, -0.05) is 18.0 Å². The zero-order chi connectivity index (χ0) is 15.6. The summed E-state index contributed by atoms with van der Waals surface area (Å²) in [6.45, 7) is 2.47. The maximum Gasteiger partial charge on any atom is 0.226 e. The second-order valence-corrected chi connectivity index (χ2v) is 5.88. The van der Waals surface area contributed by atoms with E-state index in [1.165, 1.54) is 0 Å². The average molecular weight is 310 g/mol. The van der Waals surface area contributed by atoms with Crippen LogP contribution in [0.3, 0.4) is 0 Å². The zero-order valence-corrected chi connectivity index (χ0v) is 13.1. The number of nitrogens with one attached hydrogen (secondary N) is 1. The number of aromatic nitrogens is 1. The molecule has 1 aromatic heterocycles. The number of nitrogens with zero attached hydrogens (tertiary/aromatic N) is 1. The third-order valence-corrected chi connectivity index (χ3v) is 3.89. The number of unbranched alkanes of at least 4 members (excludes halogenated alkanes) is 3. The molecular formula is C16H26N2O4. The molecule has 6 heteroatoms. The Labute approximate surface area is 131 Å². The third kappa shape index (κ3) is 6.15. The lowest BCUT2D eigenvalue weighted by atomic mass is 10.1. The molecule has 1 fully saturated rings. The Morgan fingerprint density at radius 1 is 1.36 bits per heavy atom. The first-order chi connectivity index (χ1) is 10.8. The van der Waals surface area contributed by atoms with Crippen molar-refractivity contribution in [2.24, 2.45) is 5.92 Å². The predicted octanol–water partition coefficient (Wildman–Crippen LogP) is 1.47. The summed E-state index contributed by atoms with van der Waals surface area (Å²) in [5, 5.41) is 15.6. The van der Waals surface area contributed by atoms with E-state index in [0.29, 0.717) is 18.2 Å². The molecule has 1 unspecified atom stereocenters. The molecule has 0 saturated carbocycles. The Kier molecular flexibility index (Phi) is 7.39. The molecule has 0 bridgehead atoms. The van der Waals surface area contributed by atoms with E-state index in [0.717, 1.165) is 57.5 Å². The SMILES string of the molecule is O=C(Cc1cc(CCCCCCO)on1)NCC1CCOC1. The molecule has 1 aliphatic rings. The lowest BCUT2D eigenvalue weighted by Crippen LogP contribution is -2.30. The van der Waals surface area contributed by atoms with Crippen molar-refractivity contribution in [2.45, 2.75) is 44.9 Å². The fraction of sp³-hybridized carbons (Fsp3) is 0.750. The van der Waals surface area contributed by atoms with E-state index in [4.69, 9.17) is 14.4 Å². The summed E-state index contributed by atoms with van der Waals surface area (Å²) in [5.41, 5.74) is 0.686. The Morgan fingerprint density at radius 3 is 3.00 bits per heavy atom. The number of amides is 1. The van der Waals surface area contributed by atoms with Crippen LogP contribution in [0.4, 0.5) is 0 Å². The van der Waals surface area contributed by atoms with E-state index >= 15 is 0 Å². The van der Waals surface area contributed by atoms with Crippen LogP contribution in [0.25, 0.3) is 0 Å². The quantitative estimate of drug-likeness (QED) is 0.639. The van der Waals surface area contributed by atoms with Crippen molar-refractivity contribution in [3.63, 3.8) is 0 Å². The van der Waals surface area contributed by atoms with Gasteiger partial charge in [0.15, 0.2) is 0 Å². The minimum absolute atomic E-state index is 0.0188. The molecule has 124 valence electrons. The van der Waals surface area contributed by atoms with Gasteiger partial charge in [0.05, 0.1) is 18.7 Å². The van der Waals surface area contributed by atoms with E-state index < -0.39 is 0 Å². The number of aliphatic hydroxyl groups excluding tert-OH is 1. The molecule has 1 aromatic rings. The van der Waals surface area contributed by atoms with Crippen LogP contribution in [0.1, 0.15) is 43.6 Å². The Morgan fingerprint density at radius 2 is 2.23 bits per heavy atom. The van der Waals surface area contributed by atoms with Crippen LogP contribution in [0.2, 0.25) is 0 Å². The van der Waals surface area contributed by atoms with Crippen molar-refractivity contribution in [3.05, 3.63) is 17.5 Å². The van der Waals surface area contributed by atoms with Gasteiger partial charge in [-0.2, -0.15) is 0 Å². The lowest BCUT2D eigenvalue weighted by Gasteiger charge is -2.08. The van der Waals surface area contributed by atoms with Crippen LogP contribution >= 0.6 is 0 Å². The van der Waals surface area contributed by atoms with Crippen LogP contribution in [-0.2, 0) is 22.4 Å². The molecular weight excluding hydrogens is 284 g/mol. The highest BCUT2D eigenvalue weighted by molar-refractivity contribution is 5.78. The van der Waals surface area contributed by atoms with Crippen molar-refractivity contribution in [1.82, 2.24) is 10.5 Å². The van der Waals surface area contributed by atoms with E-state index in [1.807, 2.05) is 6.07 Å². The smallest absolute Gasteiger partial charge is 0.226 e. The van der Waals surface area contributed by atoms with Crippen molar-refractivity contribution in [1.29, 1.82) is 0 Å². The summed E-state index contributed by atoms with van der Waals surface area (Å²) in [7, 11) is 0. The number of aliphatic hydroxyl groups is 1. The van der Waals surface area contributed by atoms with Gasteiger partial charge in [0, 0.05) is 38.2 Å². The van der Waals surface area contributed by atoms with Gasteiger partial charge in [-0.25, -0.2) is 0 Å². The van der Waals surface area contributed by atoms with Crippen molar-refractivity contribution >= 4 is 5.91 Å². The van der Waals surface area contributed by atoms with Gasteiger partial charge in [-0.05, 0) is 19.3 Å². The normalized spacial score (nSPS) is 17.8. The minimum atomic E-state index is -0.0188. The van der Waals surface area contributed by atoms with Gasteiger partial charge in [-0.3, -0.25) is 4.79 Å². The molecule has 1 atom stereocenters. The first-order valence-electron chi connectivity index (χ1n) is 8.17. The number of hydrogen-bond donors (Lipinski definition) is 2. The number of carbonyl (C=O) groups is 1. The minimum Gasteiger partial charge on any atom is -0.396 e. The van der Waals surface area contributed by atoms with Crippen molar-refractivity contribution in [3.8, 4) is 0 Å². The van der Waals surface area contributed by atoms with Gasteiger partial charge in [0.2, 0.25) is 5.91 Å². The highest BCUT2D eigenvalue weighted by atomic mass is 16.5. The predicted molar refractivity (Wildman–Crippen MR) is 81.4 cm³/mol. The summed E-state index contributed by atoms with van der Waals surface area (Å²) >= 11 is 0. The summed E-state index contributed by atoms with van der Waals surface area (Å²) < 4.78 is 10.5. The van der Waals surface area contributed by atoms with Crippen LogP contribution in [0, 0.1) is 5.92 Å². The molecule has 1 aliphatic heterocycles. The lowest BCUT2D eigenvalue weighted by molar-refractivity contribution is -0.120. The van der Waals surface area contributed by atoms with Gasteiger partial charge >= 0.3 is 0 Å². The Balaban J connectivity index is 1.62. The largest absolute Gasteiger partial charge is 0.396 e.